The quantitative estimate of drug-likeness (QED) is 0.693. The van der Waals surface area contributed by atoms with Gasteiger partial charge in [-0.2, -0.15) is 0 Å². The van der Waals surface area contributed by atoms with Crippen molar-refractivity contribution in [3.05, 3.63) is 53.0 Å². The van der Waals surface area contributed by atoms with Crippen LogP contribution in [0.2, 0.25) is 0 Å². The third-order valence-corrected chi connectivity index (χ3v) is 5.50. The first kappa shape index (κ1) is 17.5. The maximum atomic E-state index is 12.8. The molecule has 0 saturated carbocycles. The van der Waals surface area contributed by atoms with Gasteiger partial charge in [0.05, 0.1) is 39.8 Å². The zero-order valence-corrected chi connectivity index (χ0v) is 15.7. The predicted molar refractivity (Wildman–Crippen MR) is 107 cm³/mol. The molecular weight excluding hydrogens is 362 g/mol. The fraction of sp³-hybridized carbons (Fsp3) is 0.250. The number of rotatable bonds is 4. The third-order valence-electron chi connectivity index (χ3n) is 4.71. The number of esters is 1. The van der Waals surface area contributed by atoms with Crippen molar-refractivity contribution in [2.24, 2.45) is 0 Å². The summed E-state index contributed by atoms with van der Waals surface area (Å²) in [5.41, 5.74) is 5.15. The number of nitrogens with zero attached hydrogens (tertiary/aromatic N) is 2. The van der Waals surface area contributed by atoms with Gasteiger partial charge in [0.25, 0.3) is 5.91 Å². The van der Waals surface area contributed by atoms with Crippen molar-refractivity contribution in [2.75, 3.05) is 30.4 Å². The molecular formula is C20H19N3O3S. The third kappa shape index (κ3) is 3.50. The molecule has 1 aromatic heterocycles. The van der Waals surface area contributed by atoms with Gasteiger partial charge in [0.15, 0.2) is 0 Å². The largest absolute Gasteiger partial charge is 0.465 e. The first-order valence-corrected chi connectivity index (χ1v) is 9.65. The normalized spacial score (nSPS) is 13.7. The molecule has 0 aliphatic carbocycles. The highest BCUT2D eigenvalue weighted by Crippen LogP contribution is 2.31. The van der Waals surface area contributed by atoms with E-state index in [0.717, 1.165) is 41.8 Å². The lowest BCUT2D eigenvalue weighted by Crippen LogP contribution is -2.21. The maximum absolute atomic E-state index is 12.8. The summed E-state index contributed by atoms with van der Waals surface area (Å²) < 4.78 is 5.78. The van der Waals surface area contributed by atoms with E-state index in [1.54, 1.807) is 23.7 Å². The number of ether oxygens (including phenoxy) is 1. The van der Waals surface area contributed by atoms with E-state index in [1.165, 1.54) is 18.4 Å². The Morgan fingerprint density at radius 1 is 1.11 bits per heavy atom. The lowest BCUT2D eigenvalue weighted by Gasteiger charge is -2.22. The number of carbonyl (C=O) groups excluding carboxylic acids is 2. The second-order valence-electron chi connectivity index (χ2n) is 6.41. The van der Waals surface area contributed by atoms with Crippen molar-refractivity contribution < 1.29 is 14.3 Å². The van der Waals surface area contributed by atoms with Crippen LogP contribution < -0.4 is 10.2 Å². The van der Waals surface area contributed by atoms with Gasteiger partial charge in [-0.25, -0.2) is 9.78 Å². The van der Waals surface area contributed by atoms with Gasteiger partial charge < -0.3 is 15.0 Å². The Labute approximate surface area is 160 Å². The molecule has 1 aliphatic heterocycles. The fourth-order valence-corrected chi connectivity index (χ4v) is 4.02. The van der Waals surface area contributed by atoms with Gasteiger partial charge in [-0.1, -0.05) is 0 Å². The highest BCUT2D eigenvalue weighted by molar-refractivity contribution is 7.16. The van der Waals surface area contributed by atoms with E-state index in [2.05, 4.69) is 15.2 Å². The molecule has 1 fully saturated rings. The number of hydrogen-bond acceptors (Lipinski definition) is 6. The Balaban J connectivity index is 1.67. The van der Waals surface area contributed by atoms with Crippen LogP contribution in [0.25, 0.3) is 10.2 Å². The van der Waals surface area contributed by atoms with Crippen LogP contribution in [-0.2, 0) is 4.74 Å². The summed E-state index contributed by atoms with van der Waals surface area (Å²) >= 11 is 1.50. The first-order chi connectivity index (χ1) is 13.2. The number of carbonyl (C=O) groups is 2. The van der Waals surface area contributed by atoms with Crippen molar-refractivity contribution in [2.45, 2.75) is 12.8 Å². The van der Waals surface area contributed by atoms with Crippen LogP contribution >= 0.6 is 11.3 Å². The standard InChI is InChI=1S/C20H19N3O3S/c1-26-20(25)14-5-7-17(23-8-2-3-9-23)16(10-14)22-19(24)13-4-6-15-18(11-13)27-12-21-15/h4-7,10-12H,2-3,8-9H2,1H3,(H,22,24). The number of aromatic nitrogens is 1. The van der Waals surface area contributed by atoms with Crippen molar-refractivity contribution >= 4 is 44.8 Å². The predicted octanol–water partition coefficient (Wildman–Crippen LogP) is 3.94. The monoisotopic (exact) mass is 381 g/mol. The lowest BCUT2D eigenvalue weighted by atomic mass is 10.1. The van der Waals surface area contributed by atoms with Gasteiger partial charge >= 0.3 is 5.97 Å². The van der Waals surface area contributed by atoms with E-state index < -0.39 is 5.97 Å². The highest BCUT2D eigenvalue weighted by Gasteiger charge is 2.19. The smallest absolute Gasteiger partial charge is 0.337 e. The summed E-state index contributed by atoms with van der Waals surface area (Å²) in [7, 11) is 1.35. The Morgan fingerprint density at radius 3 is 2.67 bits per heavy atom. The Bertz CT molecular complexity index is 1010. The minimum atomic E-state index is -0.426. The molecule has 1 N–H and O–H groups in total. The van der Waals surface area contributed by atoms with Crippen molar-refractivity contribution in [1.82, 2.24) is 4.98 Å². The minimum Gasteiger partial charge on any atom is -0.465 e. The zero-order valence-electron chi connectivity index (χ0n) is 14.9. The number of benzene rings is 2. The second-order valence-corrected chi connectivity index (χ2v) is 7.29. The van der Waals surface area contributed by atoms with E-state index >= 15 is 0 Å². The van der Waals surface area contributed by atoms with Gasteiger partial charge in [0.1, 0.15) is 0 Å². The molecule has 2 heterocycles. The van der Waals surface area contributed by atoms with E-state index in [0.29, 0.717) is 16.8 Å². The number of methoxy groups -OCH3 is 1. The molecule has 27 heavy (non-hydrogen) atoms. The topological polar surface area (TPSA) is 71.5 Å². The molecule has 138 valence electrons. The summed E-state index contributed by atoms with van der Waals surface area (Å²) in [4.78, 5) is 31.2. The number of hydrogen-bond donors (Lipinski definition) is 1. The Morgan fingerprint density at radius 2 is 1.89 bits per heavy atom. The van der Waals surface area contributed by atoms with Gasteiger partial charge in [-0.3, -0.25) is 4.79 Å². The van der Waals surface area contributed by atoms with E-state index in [1.807, 2.05) is 18.2 Å². The molecule has 1 amide bonds. The fourth-order valence-electron chi connectivity index (χ4n) is 3.31. The van der Waals surface area contributed by atoms with Crippen molar-refractivity contribution in [3.8, 4) is 0 Å². The Hall–Kier alpha value is -2.93. The number of amides is 1. The SMILES string of the molecule is COC(=O)c1ccc(N2CCCC2)c(NC(=O)c2ccc3ncsc3c2)c1. The summed E-state index contributed by atoms with van der Waals surface area (Å²) in [5, 5.41) is 2.98. The molecule has 0 bridgehead atoms. The maximum Gasteiger partial charge on any atom is 0.337 e. The molecule has 7 heteroatoms. The van der Waals surface area contributed by atoms with E-state index in [9.17, 15) is 9.59 Å². The van der Waals surface area contributed by atoms with E-state index in [-0.39, 0.29) is 5.91 Å². The van der Waals surface area contributed by atoms with Crippen molar-refractivity contribution in [1.29, 1.82) is 0 Å². The van der Waals surface area contributed by atoms with Crippen LogP contribution in [0.1, 0.15) is 33.6 Å². The molecule has 0 atom stereocenters. The first-order valence-electron chi connectivity index (χ1n) is 8.77. The molecule has 0 radical (unpaired) electrons. The van der Waals surface area contributed by atoms with Gasteiger partial charge in [0, 0.05) is 18.7 Å². The summed E-state index contributed by atoms with van der Waals surface area (Å²) in [6, 6.07) is 10.7. The number of nitrogens with one attached hydrogen (secondary N) is 1. The van der Waals surface area contributed by atoms with Crippen LogP contribution in [0.4, 0.5) is 11.4 Å². The molecule has 1 aliphatic rings. The molecule has 0 unspecified atom stereocenters. The molecule has 1 saturated heterocycles. The summed E-state index contributed by atoms with van der Waals surface area (Å²) in [6.07, 6.45) is 2.24. The van der Waals surface area contributed by atoms with Crippen LogP contribution in [0.5, 0.6) is 0 Å². The van der Waals surface area contributed by atoms with Crippen molar-refractivity contribution in [3.63, 3.8) is 0 Å². The van der Waals surface area contributed by atoms with Gasteiger partial charge in [0.2, 0.25) is 0 Å². The molecule has 6 nitrogen and oxygen atoms in total. The second kappa shape index (κ2) is 7.36. The van der Waals surface area contributed by atoms with Gasteiger partial charge in [-0.15, -0.1) is 11.3 Å². The number of anilines is 2. The van der Waals surface area contributed by atoms with E-state index in [4.69, 9.17) is 4.74 Å². The molecule has 3 aromatic rings. The highest BCUT2D eigenvalue weighted by atomic mass is 32.1. The van der Waals surface area contributed by atoms with Crippen LogP contribution in [0.15, 0.2) is 41.9 Å². The number of fused-ring (bicyclic) bond motifs is 1. The molecule has 4 rings (SSSR count). The van der Waals surface area contributed by atoms with Crippen LogP contribution in [-0.4, -0.2) is 37.1 Å². The van der Waals surface area contributed by atoms with Gasteiger partial charge in [-0.05, 0) is 49.2 Å². The van der Waals surface area contributed by atoms with Crippen LogP contribution in [0.3, 0.4) is 0 Å². The average molecular weight is 381 g/mol. The summed E-state index contributed by atoms with van der Waals surface area (Å²) in [5.74, 6) is -0.641. The Kier molecular flexibility index (Phi) is 4.77. The van der Waals surface area contributed by atoms with Crippen LogP contribution in [0, 0.1) is 0 Å². The molecule has 2 aromatic carbocycles. The lowest BCUT2D eigenvalue weighted by molar-refractivity contribution is 0.0600. The number of thiazole rings is 1. The average Bonchev–Trinajstić information content (AvgIpc) is 3.38. The zero-order chi connectivity index (χ0) is 18.8. The summed E-state index contributed by atoms with van der Waals surface area (Å²) in [6.45, 7) is 1.88. The molecule has 0 spiro atoms. The minimum absolute atomic E-state index is 0.215.